The molecule has 0 radical (unpaired) electrons. The second kappa shape index (κ2) is 5.15. The van der Waals surface area contributed by atoms with Crippen LogP contribution in [0.15, 0.2) is 42.5 Å². The third-order valence-electron chi connectivity index (χ3n) is 2.84. The zero-order chi connectivity index (χ0) is 14.1. The van der Waals surface area contributed by atoms with E-state index in [2.05, 4.69) is 15.2 Å². The lowest BCUT2D eigenvalue weighted by atomic mass is 10.2. The van der Waals surface area contributed by atoms with Crippen LogP contribution in [0.25, 0.3) is 22.8 Å². The highest BCUT2D eigenvalue weighted by Gasteiger charge is 2.10. The maximum Gasteiger partial charge on any atom is 0.181 e. The first-order valence-corrected chi connectivity index (χ1v) is 6.63. The zero-order valence-corrected chi connectivity index (χ0v) is 11.8. The summed E-state index contributed by atoms with van der Waals surface area (Å²) in [7, 11) is 0. The molecular weight excluding hydrogens is 295 g/mol. The van der Waals surface area contributed by atoms with Gasteiger partial charge in [-0.15, -0.1) is 0 Å². The third-order valence-corrected chi connectivity index (χ3v) is 3.39. The van der Waals surface area contributed by atoms with E-state index in [0.717, 1.165) is 11.1 Å². The molecule has 0 aliphatic heterocycles. The first-order valence-electron chi connectivity index (χ1n) is 5.87. The van der Waals surface area contributed by atoms with Crippen molar-refractivity contribution in [3.8, 4) is 22.8 Å². The summed E-state index contributed by atoms with van der Waals surface area (Å²) in [6.07, 6.45) is 0. The highest BCUT2D eigenvalue weighted by Crippen LogP contribution is 2.29. The van der Waals surface area contributed by atoms with E-state index in [1.807, 2.05) is 12.1 Å². The predicted molar refractivity (Wildman–Crippen MR) is 81.7 cm³/mol. The Balaban J connectivity index is 1.99. The van der Waals surface area contributed by atoms with Crippen LogP contribution >= 0.6 is 23.2 Å². The number of halogens is 2. The normalized spacial score (nSPS) is 10.7. The number of aromatic nitrogens is 3. The predicted octanol–water partition coefficient (Wildman–Crippen LogP) is 4.03. The molecule has 0 aliphatic rings. The summed E-state index contributed by atoms with van der Waals surface area (Å²) in [5.74, 6) is 1.18. The van der Waals surface area contributed by atoms with Crippen molar-refractivity contribution in [2.45, 2.75) is 0 Å². The summed E-state index contributed by atoms with van der Waals surface area (Å²) in [5.41, 5.74) is 7.99. The van der Waals surface area contributed by atoms with Gasteiger partial charge in [0.15, 0.2) is 11.6 Å². The van der Waals surface area contributed by atoms with Crippen LogP contribution in [0.4, 0.5) is 5.69 Å². The van der Waals surface area contributed by atoms with Gasteiger partial charge in [-0.2, -0.15) is 5.10 Å². The Hall–Kier alpha value is -2.04. The molecule has 6 heteroatoms. The Morgan fingerprint density at radius 1 is 1.00 bits per heavy atom. The smallest absolute Gasteiger partial charge is 0.181 e. The fraction of sp³-hybridized carbons (Fsp3) is 0. The summed E-state index contributed by atoms with van der Waals surface area (Å²) < 4.78 is 0. The van der Waals surface area contributed by atoms with Gasteiger partial charge in [-0.3, -0.25) is 5.10 Å². The van der Waals surface area contributed by atoms with Gasteiger partial charge < -0.3 is 5.73 Å². The van der Waals surface area contributed by atoms with Gasteiger partial charge in [0, 0.05) is 21.8 Å². The van der Waals surface area contributed by atoms with E-state index in [4.69, 9.17) is 28.9 Å². The van der Waals surface area contributed by atoms with Gasteiger partial charge in [0.1, 0.15) is 0 Å². The molecule has 0 saturated heterocycles. The van der Waals surface area contributed by atoms with Gasteiger partial charge in [-0.1, -0.05) is 23.2 Å². The summed E-state index contributed by atoms with van der Waals surface area (Å²) in [6, 6.07) is 12.6. The maximum atomic E-state index is 6.15. The molecule has 0 spiro atoms. The number of hydrogen-bond acceptors (Lipinski definition) is 3. The molecule has 0 bridgehead atoms. The van der Waals surface area contributed by atoms with Crippen LogP contribution in [-0.2, 0) is 0 Å². The van der Waals surface area contributed by atoms with E-state index >= 15 is 0 Å². The molecule has 3 rings (SSSR count). The van der Waals surface area contributed by atoms with Gasteiger partial charge in [-0.05, 0) is 42.5 Å². The van der Waals surface area contributed by atoms with Gasteiger partial charge in [0.25, 0.3) is 0 Å². The van der Waals surface area contributed by atoms with Crippen LogP contribution in [0.3, 0.4) is 0 Å². The summed E-state index contributed by atoms with van der Waals surface area (Å²) >= 11 is 12.0. The zero-order valence-electron chi connectivity index (χ0n) is 10.3. The van der Waals surface area contributed by atoms with E-state index in [-0.39, 0.29) is 0 Å². The number of anilines is 1. The van der Waals surface area contributed by atoms with E-state index in [1.165, 1.54) is 0 Å². The van der Waals surface area contributed by atoms with Crippen LogP contribution < -0.4 is 5.73 Å². The molecule has 0 aliphatic carbocycles. The summed E-state index contributed by atoms with van der Waals surface area (Å²) in [5, 5.41) is 8.17. The number of rotatable bonds is 2. The average Bonchev–Trinajstić information content (AvgIpc) is 2.89. The number of nitrogen functional groups attached to an aromatic ring is 1. The Morgan fingerprint density at radius 3 is 2.45 bits per heavy atom. The quantitative estimate of drug-likeness (QED) is 0.702. The van der Waals surface area contributed by atoms with E-state index in [1.54, 1.807) is 30.3 Å². The van der Waals surface area contributed by atoms with Gasteiger partial charge in [-0.25, -0.2) is 4.98 Å². The third kappa shape index (κ3) is 2.48. The highest BCUT2D eigenvalue weighted by atomic mass is 35.5. The monoisotopic (exact) mass is 304 g/mol. The lowest BCUT2D eigenvalue weighted by Gasteiger charge is -2.00. The molecule has 1 heterocycles. The van der Waals surface area contributed by atoms with Crippen LogP contribution in [0, 0.1) is 0 Å². The topological polar surface area (TPSA) is 67.6 Å². The number of benzene rings is 2. The molecule has 100 valence electrons. The number of hydrogen-bond donors (Lipinski definition) is 2. The van der Waals surface area contributed by atoms with Crippen molar-refractivity contribution in [1.82, 2.24) is 15.2 Å². The second-order valence-electron chi connectivity index (χ2n) is 4.25. The van der Waals surface area contributed by atoms with Crippen molar-refractivity contribution in [1.29, 1.82) is 0 Å². The minimum absolute atomic E-state index is 0.525. The molecule has 4 nitrogen and oxygen atoms in total. The molecule has 2 aromatic carbocycles. The molecular formula is C14H10Cl2N4. The second-order valence-corrected chi connectivity index (χ2v) is 5.10. The van der Waals surface area contributed by atoms with Gasteiger partial charge >= 0.3 is 0 Å². The molecule has 0 atom stereocenters. The number of nitrogens with zero attached hydrogens (tertiary/aromatic N) is 2. The molecule has 3 aromatic rings. The van der Waals surface area contributed by atoms with Crippen molar-refractivity contribution < 1.29 is 0 Å². The van der Waals surface area contributed by atoms with Crippen molar-refractivity contribution in [3.63, 3.8) is 0 Å². The number of nitrogens with one attached hydrogen (secondary N) is 1. The van der Waals surface area contributed by atoms with Crippen molar-refractivity contribution in [3.05, 3.63) is 52.5 Å². The Bertz CT molecular complexity index is 750. The summed E-state index contributed by atoms with van der Waals surface area (Å²) in [4.78, 5) is 4.44. The molecule has 0 saturated carbocycles. The number of aromatic amines is 1. The van der Waals surface area contributed by atoms with Gasteiger partial charge in [0.05, 0.1) is 5.02 Å². The fourth-order valence-electron chi connectivity index (χ4n) is 1.83. The Morgan fingerprint density at radius 2 is 1.75 bits per heavy atom. The van der Waals surface area contributed by atoms with Crippen LogP contribution in [0.2, 0.25) is 10.0 Å². The van der Waals surface area contributed by atoms with Crippen LogP contribution in [0.1, 0.15) is 0 Å². The summed E-state index contributed by atoms with van der Waals surface area (Å²) in [6.45, 7) is 0. The lowest BCUT2D eigenvalue weighted by molar-refractivity contribution is 1.10. The fourth-order valence-corrected chi connectivity index (χ4v) is 2.32. The largest absolute Gasteiger partial charge is 0.399 e. The first kappa shape index (κ1) is 13.0. The highest BCUT2D eigenvalue weighted by molar-refractivity contribution is 6.36. The van der Waals surface area contributed by atoms with E-state index < -0.39 is 0 Å². The van der Waals surface area contributed by atoms with Crippen molar-refractivity contribution in [2.75, 3.05) is 5.73 Å². The minimum Gasteiger partial charge on any atom is -0.399 e. The Labute approximate surface area is 125 Å². The molecule has 3 N–H and O–H groups in total. The Kier molecular flexibility index (Phi) is 3.34. The van der Waals surface area contributed by atoms with Crippen LogP contribution in [-0.4, -0.2) is 15.2 Å². The average molecular weight is 305 g/mol. The number of nitrogens with two attached hydrogens (primary N) is 1. The van der Waals surface area contributed by atoms with Crippen molar-refractivity contribution >= 4 is 28.9 Å². The molecule has 0 amide bonds. The van der Waals surface area contributed by atoms with Gasteiger partial charge in [0.2, 0.25) is 0 Å². The van der Waals surface area contributed by atoms with E-state index in [9.17, 15) is 0 Å². The lowest BCUT2D eigenvalue weighted by Crippen LogP contribution is -1.85. The minimum atomic E-state index is 0.525. The molecule has 0 fully saturated rings. The standard InChI is InChI=1S/C14H10Cl2N4/c15-9-3-6-11(12(16)7-9)14-18-13(19-20-14)8-1-4-10(17)5-2-8/h1-7H,17H2,(H,18,19,20). The SMILES string of the molecule is Nc1ccc(-c2n[nH]c(-c3ccc(Cl)cc3Cl)n2)cc1. The first-order chi connectivity index (χ1) is 9.63. The van der Waals surface area contributed by atoms with Crippen LogP contribution in [0.5, 0.6) is 0 Å². The maximum absolute atomic E-state index is 6.15. The number of H-pyrrole nitrogens is 1. The van der Waals surface area contributed by atoms with Crippen molar-refractivity contribution in [2.24, 2.45) is 0 Å². The molecule has 20 heavy (non-hydrogen) atoms. The molecule has 1 aromatic heterocycles. The molecule has 0 unspecified atom stereocenters. The van der Waals surface area contributed by atoms with E-state index in [0.29, 0.717) is 27.4 Å².